The van der Waals surface area contributed by atoms with Crippen LogP contribution in [0, 0.1) is 27.7 Å². The van der Waals surface area contributed by atoms with Gasteiger partial charge in [0.1, 0.15) is 0 Å². The first kappa shape index (κ1) is 91.9. The van der Waals surface area contributed by atoms with Gasteiger partial charge in [-0.2, -0.15) is 0 Å². The second kappa shape index (κ2) is 46.1. The van der Waals surface area contributed by atoms with Gasteiger partial charge in [-0.3, -0.25) is 0 Å². The molecule has 0 spiro atoms. The number of carboxylic acid groups (broad SMARTS) is 1. The van der Waals surface area contributed by atoms with E-state index in [9.17, 15) is 43.5 Å². The van der Waals surface area contributed by atoms with Crippen LogP contribution in [0.4, 0.5) is 0 Å². The summed E-state index contributed by atoms with van der Waals surface area (Å²) in [6, 6.07) is 56.4. The quantitative estimate of drug-likeness (QED) is 0.0200. The zero-order valence-electron chi connectivity index (χ0n) is 65.4. The summed E-state index contributed by atoms with van der Waals surface area (Å²) in [5.41, 5.74) is 8.25. The molecule has 0 bridgehead atoms. The van der Waals surface area contributed by atoms with Crippen molar-refractivity contribution in [3.05, 3.63) is 259 Å². The van der Waals surface area contributed by atoms with Gasteiger partial charge in [0.15, 0.2) is 0 Å². The Labute approximate surface area is 657 Å². The van der Waals surface area contributed by atoms with E-state index >= 15 is 0 Å². The minimum absolute atomic E-state index is 0.0147. The van der Waals surface area contributed by atoms with Gasteiger partial charge in [0, 0.05) is 73.4 Å². The minimum Gasteiger partial charge on any atom is -0.478 e. The van der Waals surface area contributed by atoms with Crippen LogP contribution in [0.1, 0.15) is 127 Å². The van der Waals surface area contributed by atoms with E-state index in [4.69, 9.17) is 38.3 Å². The van der Waals surface area contributed by atoms with E-state index in [0.717, 1.165) is 76.7 Å². The lowest BCUT2D eigenvalue weighted by Crippen LogP contribution is -2.23. The second-order valence-corrected chi connectivity index (χ2v) is 49.5. The first-order chi connectivity index (χ1) is 51.1. The van der Waals surface area contributed by atoms with Crippen LogP contribution in [0.15, 0.2) is 189 Å². The summed E-state index contributed by atoms with van der Waals surface area (Å²) in [5, 5.41) is 17.9. The first-order valence-electron chi connectivity index (χ1n) is 34.9. The largest absolute Gasteiger partial charge is 0.478 e. The van der Waals surface area contributed by atoms with Gasteiger partial charge in [-0.05, 0) is 163 Å². The summed E-state index contributed by atoms with van der Waals surface area (Å²) in [4.78, 5) is 102. The van der Waals surface area contributed by atoms with Gasteiger partial charge < -0.3 is 43.4 Å². The van der Waals surface area contributed by atoms with E-state index in [0.29, 0.717) is 59.5 Å². The Morgan fingerprint density at radius 3 is 0.778 bits per heavy atom. The number of aryl methyl sites for hydroxylation is 4. The fourth-order valence-electron chi connectivity index (χ4n) is 10.2. The van der Waals surface area contributed by atoms with Gasteiger partial charge in [0.05, 0.1) is 93.3 Å². The van der Waals surface area contributed by atoms with Gasteiger partial charge in [0.25, 0.3) is 0 Å². The molecule has 24 heteroatoms. The molecule has 0 atom stereocenters. The van der Waals surface area contributed by atoms with Crippen molar-refractivity contribution in [1.82, 2.24) is 0 Å². The molecule has 0 aliphatic rings. The van der Waals surface area contributed by atoms with Crippen molar-refractivity contribution in [2.75, 3.05) is 55.4 Å². The third-order valence-corrected chi connectivity index (χ3v) is 25.0. The topological polar surface area (TPSA) is 242 Å². The van der Waals surface area contributed by atoms with Gasteiger partial charge in [-0.25, -0.2) is 38.4 Å². The Balaban J connectivity index is 0.000000296. The molecule has 0 fully saturated rings. The minimum atomic E-state index is -1.32. The Hall–Kier alpha value is -8.47. The van der Waals surface area contributed by atoms with Crippen molar-refractivity contribution in [3.8, 4) is 0 Å². The van der Waals surface area contributed by atoms with Crippen LogP contribution < -0.4 is 0 Å². The number of rotatable bonds is 28. The first-order valence-corrected chi connectivity index (χ1v) is 50.0. The van der Waals surface area contributed by atoms with E-state index < -0.39 is 72.0 Å². The van der Waals surface area contributed by atoms with Crippen LogP contribution in [0.25, 0.3) is 0 Å². The Bertz CT molecular complexity index is 4280. The average molecular weight is 1600 g/mol. The van der Waals surface area contributed by atoms with Crippen LogP contribution in [0.2, 0.25) is 77.1 Å². The van der Waals surface area contributed by atoms with Crippen molar-refractivity contribution >= 4 is 119 Å². The van der Waals surface area contributed by atoms with Gasteiger partial charge in [-0.1, -0.05) is 156 Å². The molecule has 17 nitrogen and oxygen atoms in total. The number of hydrogen-bond acceptors (Lipinski definition) is 20. The predicted octanol–water partition coefficient (Wildman–Crippen LogP) is 20.1. The fourth-order valence-corrected chi connectivity index (χ4v) is 15.8. The number of esters is 7. The molecular formula is C84H104O17S4Si3. The smallest absolute Gasteiger partial charge is 0.339 e. The molecule has 8 aromatic carbocycles. The second-order valence-electron chi connectivity index (χ2n) is 28.5. The maximum atomic E-state index is 12.9. The van der Waals surface area contributed by atoms with Crippen LogP contribution in [0.3, 0.4) is 0 Å². The standard InChI is InChI=1S/2C22H28O4SSi.C18H18O4S.C17H16O4S.C5H14OSi/c1-16-13-17(15-27-18-9-7-6-8-10-18)20(22(24)25-2)19(14-16)21(23)26-11-12-28(3,4)5;1-16-13-17(15-27-18-9-7-6-8-10-18)20(19(14-16)21(23)25-2)22(24)26-11-12-28(3,4)5;1-12-9-13(11-23-14-7-5-4-6-8-14)16(18(20)22-3)15(10-12)17(19)21-2;1-11-8-12(10-22-13-6-4-3-5-7-13)15(16(18)19)14(9-11)17(20)21-2;1-7(2,3)5-4-6/h2*6-10,13-14H,11-12,15H2,1-5H3;4-10H,11H2,1-3H3;3-9H,10H2,1-2H3,(H,18,19);6H,4-5H2,1-3H3. The molecule has 0 saturated carbocycles. The Morgan fingerprint density at radius 1 is 0.315 bits per heavy atom. The molecule has 0 saturated heterocycles. The highest BCUT2D eigenvalue weighted by atomic mass is 32.2. The summed E-state index contributed by atoms with van der Waals surface area (Å²) < 4.78 is 35.3. The number of ether oxygens (including phenoxy) is 7. The highest BCUT2D eigenvalue weighted by Crippen LogP contribution is 2.33. The predicted molar refractivity (Wildman–Crippen MR) is 444 cm³/mol. The van der Waals surface area contributed by atoms with Crippen molar-refractivity contribution < 1.29 is 81.7 Å². The lowest BCUT2D eigenvalue weighted by molar-refractivity contribution is 0.0499. The molecule has 2 N–H and O–H groups in total. The number of methoxy groups -OCH3 is 5. The average Bonchev–Trinajstić information content (AvgIpc) is 0.825. The molecule has 0 aliphatic carbocycles. The number of carbonyl (C=O) groups is 8. The third kappa shape index (κ3) is 32.4. The molecule has 108 heavy (non-hydrogen) atoms. The van der Waals surface area contributed by atoms with E-state index in [-0.39, 0.29) is 33.4 Å². The molecule has 8 rings (SSSR count). The van der Waals surface area contributed by atoms with E-state index in [2.05, 4.69) is 58.9 Å². The molecule has 0 aromatic heterocycles. The number of carboxylic acids is 1. The normalized spacial score (nSPS) is 10.8. The monoisotopic (exact) mass is 1600 g/mol. The Morgan fingerprint density at radius 2 is 0.546 bits per heavy atom. The van der Waals surface area contributed by atoms with Crippen molar-refractivity contribution in [2.24, 2.45) is 0 Å². The molecule has 0 amide bonds. The molecular weight excluding hydrogens is 1490 g/mol. The molecule has 0 aliphatic heterocycles. The van der Waals surface area contributed by atoms with Gasteiger partial charge in [0.2, 0.25) is 0 Å². The molecule has 0 unspecified atom stereocenters. The third-order valence-electron chi connectivity index (χ3n) is 15.7. The van der Waals surface area contributed by atoms with Crippen molar-refractivity contribution in [2.45, 2.75) is 147 Å². The lowest BCUT2D eigenvalue weighted by Gasteiger charge is -2.17. The van der Waals surface area contributed by atoms with Crippen LogP contribution in [0.5, 0.6) is 0 Å². The van der Waals surface area contributed by atoms with E-state index in [1.54, 1.807) is 65.6 Å². The maximum absolute atomic E-state index is 12.9. The summed E-state index contributed by atoms with van der Waals surface area (Å²) in [6.45, 7) is 28.8. The number of aliphatic hydroxyl groups excluding tert-OH is 1. The summed E-state index contributed by atoms with van der Waals surface area (Å²) in [5.74, 6) is -2.63. The van der Waals surface area contributed by atoms with E-state index in [1.807, 2.05) is 167 Å². The summed E-state index contributed by atoms with van der Waals surface area (Å²) in [7, 11) is 2.96. The number of aromatic carboxylic acids is 1. The number of hydrogen-bond donors (Lipinski definition) is 2. The van der Waals surface area contributed by atoms with Gasteiger partial charge >= 0.3 is 47.8 Å². The van der Waals surface area contributed by atoms with Crippen LogP contribution in [-0.4, -0.2) is 138 Å². The summed E-state index contributed by atoms with van der Waals surface area (Å²) >= 11 is 6.35. The van der Waals surface area contributed by atoms with Gasteiger partial charge in [-0.15, -0.1) is 47.0 Å². The molecule has 0 radical (unpaired) electrons. The number of benzene rings is 8. The van der Waals surface area contributed by atoms with Crippen LogP contribution >= 0.6 is 47.0 Å². The number of carbonyl (C=O) groups excluding carboxylic acids is 7. The highest BCUT2D eigenvalue weighted by molar-refractivity contribution is 7.99. The summed E-state index contributed by atoms with van der Waals surface area (Å²) in [6.07, 6.45) is 0. The zero-order valence-corrected chi connectivity index (χ0v) is 71.7. The number of thioether (sulfide) groups is 4. The van der Waals surface area contributed by atoms with Crippen LogP contribution in [-0.2, 0) is 56.2 Å². The zero-order chi connectivity index (χ0) is 80.3. The van der Waals surface area contributed by atoms with Crippen molar-refractivity contribution in [3.63, 3.8) is 0 Å². The molecule has 0 heterocycles. The fraction of sp³-hybridized carbons (Fsp3) is 0.333. The highest BCUT2D eigenvalue weighted by Gasteiger charge is 2.29. The molecule has 8 aromatic rings. The number of aliphatic hydroxyl groups is 1. The Kier molecular flexibility index (Phi) is 39.3. The maximum Gasteiger partial charge on any atom is 0.339 e. The molecule has 578 valence electrons. The van der Waals surface area contributed by atoms with Crippen molar-refractivity contribution in [1.29, 1.82) is 0 Å². The lowest BCUT2D eigenvalue weighted by atomic mass is 9.99. The van der Waals surface area contributed by atoms with E-state index in [1.165, 1.54) is 47.3 Å². The SMILES string of the molecule is COC(=O)c1c(CSc2ccccc2)cc(C)cc1C(=O)OCC[Si](C)(C)C.COC(=O)c1cc(C)cc(CSc2ccccc2)c1C(=O)O.COC(=O)c1cc(C)cc(CSc2ccccc2)c1C(=O)OC.COC(=O)c1cc(C)cc(CSc2ccccc2)c1C(=O)OCC[Si](C)(C)C.C[Si](C)(C)CCO.